The van der Waals surface area contributed by atoms with E-state index in [1.165, 1.54) is 0 Å². The first-order valence-corrected chi connectivity index (χ1v) is 9.01. The summed E-state index contributed by atoms with van der Waals surface area (Å²) in [5, 5.41) is 0.398. The maximum absolute atomic E-state index is 12.9. The molecular formula is C20H20ClNO5. The molecule has 1 amide bonds. The Morgan fingerprint density at radius 3 is 2.41 bits per heavy atom. The van der Waals surface area contributed by atoms with E-state index in [-0.39, 0.29) is 12.5 Å². The fraction of sp³-hybridized carbons (Fsp3) is 0.300. The molecule has 1 aliphatic heterocycles. The second-order valence-electron chi connectivity index (χ2n) is 5.94. The van der Waals surface area contributed by atoms with Crippen LogP contribution in [0.2, 0.25) is 5.02 Å². The molecular weight excluding hydrogens is 370 g/mol. The van der Waals surface area contributed by atoms with Gasteiger partial charge in [0.05, 0.1) is 18.2 Å². The van der Waals surface area contributed by atoms with Gasteiger partial charge in [0.2, 0.25) is 6.10 Å². The molecule has 7 heteroatoms. The molecule has 0 aliphatic carbocycles. The van der Waals surface area contributed by atoms with Crippen molar-refractivity contribution < 1.29 is 23.8 Å². The molecule has 1 heterocycles. The number of morpholine rings is 1. The van der Waals surface area contributed by atoms with Gasteiger partial charge in [-0.15, -0.1) is 0 Å². The van der Waals surface area contributed by atoms with E-state index in [4.69, 9.17) is 25.8 Å². The van der Waals surface area contributed by atoms with Crippen LogP contribution < -0.4 is 4.74 Å². The van der Waals surface area contributed by atoms with Gasteiger partial charge in [0.15, 0.2) is 6.61 Å². The maximum Gasteiger partial charge on any atom is 0.345 e. The van der Waals surface area contributed by atoms with Crippen molar-refractivity contribution in [3.05, 3.63) is 65.2 Å². The largest absolute Gasteiger partial charge is 0.480 e. The molecule has 2 aromatic rings. The lowest BCUT2D eigenvalue weighted by atomic mass is 10.1. The molecule has 1 aliphatic rings. The molecule has 3 rings (SSSR count). The molecule has 1 fully saturated rings. The number of carbonyl (C=O) groups is 2. The first-order chi connectivity index (χ1) is 13.1. The summed E-state index contributed by atoms with van der Waals surface area (Å²) in [6, 6.07) is 15.8. The molecule has 2 aromatic carbocycles. The second-order valence-corrected chi connectivity index (χ2v) is 6.34. The summed E-state index contributed by atoms with van der Waals surface area (Å²) in [6.45, 7) is 1.53. The third-order valence-electron chi connectivity index (χ3n) is 4.08. The highest BCUT2D eigenvalue weighted by Gasteiger charge is 2.30. The molecule has 0 spiro atoms. The number of amides is 1. The summed E-state index contributed by atoms with van der Waals surface area (Å²) in [4.78, 5) is 26.8. The summed E-state index contributed by atoms with van der Waals surface area (Å²) in [7, 11) is 0. The highest BCUT2D eigenvalue weighted by molar-refractivity contribution is 6.32. The number of hydrogen-bond acceptors (Lipinski definition) is 5. The topological polar surface area (TPSA) is 65.1 Å². The summed E-state index contributed by atoms with van der Waals surface area (Å²) >= 11 is 6.01. The van der Waals surface area contributed by atoms with E-state index in [1.54, 1.807) is 53.4 Å². The van der Waals surface area contributed by atoms with Gasteiger partial charge in [-0.25, -0.2) is 4.79 Å². The number of benzene rings is 2. The third kappa shape index (κ3) is 5.21. The van der Waals surface area contributed by atoms with Crippen molar-refractivity contribution in [1.82, 2.24) is 4.90 Å². The zero-order chi connectivity index (χ0) is 19.1. The first kappa shape index (κ1) is 19.2. The van der Waals surface area contributed by atoms with Crippen LogP contribution in [-0.4, -0.2) is 49.7 Å². The summed E-state index contributed by atoms with van der Waals surface area (Å²) in [6.07, 6.45) is -1.02. The predicted molar refractivity (Wildman–Crippen MR) is 99.6 cm³/mol. The molecule has 0 saturated carbocycles. The molecule has 0 N–H and O–H groups in total. The number of halogens is 1. The van der Waals surface area contributed by atoms with Crippen molar-refractivity contribution in [2.45, 2.75) is 6.10 Å². The van der Waals surface area contributed by atoms with E-state index in [1.807, 2.05) is 6.07 Å². The van der Waals surface area contributed by atoms with E-state index < -0.39 is 12.1 Å². The van der Waals surface area contributed by atoms with Crippen LogP contribution in [0.25, 0.3) is 0 Å². The van der Waals surface area contributed by atoms with Crippen molar-refractivity contribution in [2.75, 3.05) is 32.9 Å². The summed E-state index contributed by atoms with van der Waals surface area (Å²) < 4.78 is 16.2. The number of hydrogen-bond donors (Lipinski definition) is 0. The van der Waals surface area contributed by atoms with Crippen molar-refractivity contribution in [3.63, 3.8) is 0 Å². The van der Waals surface area contributed by atoms with E-state index in [2.05, 4.69) is 0 Å². The standard InChI is InChI=1S/C20H20ClNO5/c21-16-8-4-5-9-17(16)26-14-18(23)27-19(15-6-2-1-3-7-15)20(24)22-10-12-25-13-11-22/h1-9,19H,10-14H2/t19-/m0/s1. The van der Waals surface area contributed by atoms with Gasteiger partial charge in [-0.3, -0.25) is 4.79 Å². The van der Waals surface area contributed by atoms with Crippen LogP contribution in [0, 0.1) is 0 Å². The number of rotatable bonds is 6. The van der Waals surface area contributed by atoms with Crippen LogP contribution in [0.4, 0.5) is 0 Å². The molecule has 1 atom stereocenters. The molecule has 0 aromatic heterocycles. The monoisotopic (exact) mass is 389 g/mol. The zero-order valence-corrected chi connectivity index (χ0v) is 15.4. The summed E-state index contributed by atoms with van der Waals surface area (Å²) in [5.74, 6) is -0.534. The Kier molecular flexibility index (Phi) is 6.68. The Morgan fingerprint density at radius 1 is 1.04 bits per heavy atom. The number of ether oxygens (including phenoxy) is 3. The lowest BCUT2D eigenvalue weighted by molar-refractivity contribution is -0.164. The molecule has 0 radical (unpaired) electrons. The van der Waals surface area contributed by atoms with Crippen LogP contribution in [0.15, 0.2) is 54.6 Å². The molecule has 1 saturated heterocycles. The van der Waals surface area contributed by atoms with E-state index in [0.717, 1.165) is 0 Å². The molecule has 6 nitrogen and oxygen atoms in total. The maximum atomic E-state index is 12.9. The van der Waals surface area contributed by atoms with Crippen LogP contribution >= 0.6 is 11.6 Å². The van der Waals surface area contributed by atoms with E-state index in [0.29, 0.717) is 42.6 Å². The fourth-order valence-corrected chi connectivity index (χ4v) is 2.89. The molecule has 0 unspecified atom stereocenters. The normalized spacial score (nSPS) is 15.1. The average Bonchev–Trinajstić information content (AvgIpc) is 2.72. The number of esters is 1. The van der Waals surface area contributed by atoms with Gasteiger partial charge in [0, 0.05) is 18.7 Å². The molecule has 0 bridgehead atoms. The van der Waals surface area contributed by atoms with Crippen molar-refractivity contribution in [3.8, 4) is 5.75 Å². The van der Waals surface area contributed by atoms with Gasteiger partial charge < -0.3 is 19.1 Å². The van der Waals surface area contributed by atoms with Gasteiger partial charge in [-0.05, 0) is 12.1 Å². The number of nitrogens with zero attached hydrogens (tertiary/aromatic N) is 1. The van der Waals surface area contributed by atoms with E-state index in [9.17, 15) is 9.59 Å². The lowest BCUT2D eigenvalue weighted by Crippen LogP contribution is -2.44. The summed E-state index contributed by atoms with van der Waals surface area (Å²) in [5.41, 5.74) is 0.611. The van der Waals surface area contributed by atoms with Gasteiger partial charge >= 0.3 is 5.97 Å². The highest BCUT2D eigenvalue weighted by Crippen LogP contribution is 2.24. The van der Waals surface area contributed by atoms with Gasteiger partial charge in [0.1, 0.15) is 5.75 Å². The third-order valence-corrected chi connectivity index (χ3v) is 4.39. The number of carbonyl (C=O) groups excluding carboxylic acids is 2. The minimum absolute atomic E-state index is 0.268. The smallest absolute Gasteiger partial charge is 0.345 e. The fourth-order valence-electron chi connectivity index (χ4n) is 2.70. The molecule has 27 heavy (non-hydrogen) atoms. The predicted octanol–water partition coefficient (Wildman–Crippen LogP) is 2.86. The van der Waals surface area contributed by atoms with Crippen LogP contribution in [0.5, 0.6) is 5.75 Å². The minimum atomic E-state index is -1.02. The lowest BCUT2D eigenvalue weighted by Gasteiger charge is -2.30. The Hall–Kier alpha value is -2.57. The zero-order valence-electron chi connectivity index (χ0n) is 14.7. The first-order valence-electron chi connectivity index (χ1n) is 8.63. The van der Waals surface area contributed by atoms with Crippen LogP contribution in [0.1, 0.15) is 11.7 Å². The average molecular weight is 390 g/mol. The van der Waals surface area contributed by atoms with E-state index >= 15 is 0 Å². The van der Waals surface area contributed by atoms with Crippen molar-refractivity contribution in [2.24, 2.45) is 0 Å². The van der Waals surface area contributed by atoms with Gasteiger partial charge in [-0.2, -0.15) is 0 Å². The Bertz CT molecular complexity index is 777. The van der Waals surface area contributed by atoms with Gasteiger partial charge in [-0.1, -0.05) is 54.1 Å². The Morgan fingerprint density at radius 2 is 1.70 bits per heavy atom. The number of para-hydroxylation sites is 1. The minimum Gasteiger partial charge on any atom is -0.480 e. The molecule has 142 valence electrons. The quantitative estimate of drug-likeness (QED) is 0.711. The Labute approximate surface area is 162 Å². The highest BCUT2D eigenvalue weighted by atomic mass is 35.5. The van der Waals surface area contributed by atoms with Gasteiger partial charge in [0.25, 0.3) is 5.91 Å². The van der Waals surface area contributed by atoms with Crippen molar-refractivity contribution in [1.29, 1.82) is 0 Å². The second kappa shape index (κ2) is 9.39. The van der Waals surface area contributed by atoms with Crippen LogP contribution in [0.3, 0.4) is 0 Å². The van der Waals surface area contributed by atoms with Crippen LogP contribution in [-0.2, 0) is 19.1 Å². The van der Waals surface area contributed by atoms with Crippen molar-refractivity contribution >= 4 is 23.5 Å². The SMILES string of the molecule is O=C(COc1ccccc1Cl)O[C@H](C(=O)N1CCOCC1)c1ccccc1. The Balaban J connectivity index is 1.68.